The van der Waals surface area contributed by atoms with Crippen LogP contribution in [0.15, 0.2) is 24.3 Å². The standard InChI is InChI=1S/C14H18ClN3S/c1-9(16)13-10(2)17-14(19-13)18(3)8-11-5-4-6-12(15)7-11/h4-7,9H,8,16H2,1-3H3. The Morgan fingerprint density at radius 2 is 2.21 bits per heavy atom. The van der Waals surface area contributed by atoms with Crippen molar-refractivity contribution in [1.82, 2.24) is 4.98 Å². The van der Waals surface area contributed by atoms with Gasteiger partial charge in [-0.25, -0.2) is 4.98 Å². The van der Waals surface area contributed by atoms with Gasteiger partial charge in [0.05, 0.1) is 5.69 Å². The van der Waals surface area contributed by atoms with E-state index in [4.69, 9.17) is 17.3 Å². The zero-order valence-corrected chi connectivity index (χ0v) is 12.9. The summed E-state index contributed by atoms with van der Waals surface area (Å²) in [4.78, 5) is 7.85. The average molecular weight is 296 g/mol. The Morgan fingerprint density at radius 1 is 1.47 bits per heavy atom. The maximum absolute atomic E-state index is 6.00. The maximum atomic E-state index is 6.00. The minimum atomic E-state index is 0.0332. The van der Waals surface area contributed by atoms with E-state index in [2.05, 4.69) is 16.0 Å². The van der Waals surface area contributed by atoms with E-state index in [1.54, 1.807) is 11.3 Å². The Bertz CT molecular complexity index is 566. The van der Waals surface area contributed by atoms with Gasteiger partial charge in [-0.1, -0.05) is 23.7 Å². The Hall–Kier alpha value is -1.10. The molecule has 0 aliphatic rings. The fourth-order valence-corrected chi connectivity index (χ4v) is 3.15. The molecule has 2 aromatic rings. The fourth-order valence-electron chi connectivity index (χ4n) is 1.96. The molecular formula is C14H18ClN3S. The highest BCUT2D eigenvalue weighted by molar-refractivity contribution is 7.15. The van der Waals surface area contributed by atoms with Crippen molar-refractivity contribution in [2.75, 3.05) is 11.9 Å². The molecule has 0 spiro atoms. The van der Waals surface area contributed by atoms with Crippen LogP contribution in [0, 0.1) is 6.92 Å². The van der Waals surface area contributed by atoms with Crippen molar-refractivity contribution in [2.24, 2.45) is 5.73 Å². The Labute approximate surface area is 123 Å². The molecule has 1 aromatic heterocycles. The molecule has 0 fully saturated rings. The SMILES string of the molecule is Cc1nc(N(C)Cc2cccc(Cl)c2)sc1C(C)N. The van der Waals surface area contributed by atoms with Crippen molar-refractivity contribution in [3.05, 3.63) is 45.4 Å². The third-order valence-corrected chi connectivity index (χ3v) is 4.58. The lowest BCUT2D eigenvalue weighted by atomic mass is 10.2. The minimum Gasteiger partial charge on any atom is -0.347 e. The molecule has 1 heterocycles. The predicted octanol–water partition coefficient (Wildman–Crippen LogP) is 3.76. The maximum Gasteiger partial charge on any atom is 0.185 e. The molecule has 102 valence electrons. The minimum absolute atomic E-state index is 0.0332. The summed E-state index contributed by atoms with van der Waals surface area (Å²) >= 11 is 7.65. The third kappa shape index (κ3) is 3.47. The number of nitrogens with two attached hydrogens (primary N) is 1. The van der Waals surface area contributed by atoms with E-state index in [1.807, 2.05) is 39.1 Å². The average Bonchev–Trinajstić information content (AvgIpc) is 2.71. The number of anilines is 1. The topological polar surface area (TPSA) is 42.2 Å². The highest BCUT2D eigenvalue weighted by atomic mass is 35.5. The van der Waals surface area contributed by atoms with E-state index in [-0.39, 0.29) is 6.04 Å². The van der Waals surface area contributed by atoms with Crippen LogP contribution in [-0.2, 0) is 6.54 Å². The summed E-state index contributed by atoms with van der Waals surface area (Å²) in [6, 6.07) is 7.92. The molecule has 5 heteroatoms. The lowest BCUT2D eigenvalue weighted by Gasteiger charge is -2.15. The highest BCUT2D eigenvalue weighted by Crippen LogP contribution is 2.29. The van der Waals surface area contributed by atoms with Crippen LogP contribution in [0.5, 0.6) is 0 Å². The van der Waals surface area contributed by atoms with Gasteiger partial charge in [0, 0.05) is 29.5 Å². The Balaban J connectivity index is 2.16. The van der Waals surface area contributed by atoms with Gasteiger partial charge in [0.1, 0.15) is 0 Å². The van der Waals surface area contributed by atoms with Crippen LogP contribution < -0.4 is 10.6 Å². The normalized spacial score (nSPS) is 12.5. The van der Waals surface area contributed by atoms with Gasteiger partial charge in [-0.3, -0.25) is 0 Å². The molecule has 0 saturated heterocycles. The molecule has 0 saturated carbocycles. The second kappa shape index (κ2) is 5.90. The summed E-state index contributed by atoms with van der Waals surface area (Å²) in [6.07, 6.45) is 0. The lowest BCUT2D eigenvalue weighted by Crippen LogP contribution is -2.15. The van der Waals surface area contributed by atoms with Crippen molar-refractivity contribution < 1.29 is 0 Å². The van der Waals surface area contributed by atoms with E-state index in [0.717, 1.165) is 27.3 Å². The van der Waals surface area contributed by atoms with Crippen LogP contribution in [0.25, 0.3) is 0 Å². The molecule has 1 aromatic carbocycles. The van der Waals surface area contributed by atoms with Crippen molar-refractivity contribution >= 4 is 28.1 Å². The zero-order chi connectivity index (χ0) is 14.0. The van der Waals surface area contributed by atoms with Crippen LogP contribution in [0.4, 0.5) is 5.13 Å². The molecule has 1 atom stereocenters. The van der Waals surface area contributed by atoms with Gasteiger partial charge in [-0.2, -0.15) is 0 Å². The summed E-state index contributed by atoms with van der Waals surface area (Å²) in [5.74, 6) is 0. The van der Waals surface area contributed by atoms with E-state index < -0.39 is 0 Å². The first-order valence-electron chi connectivity index (χ1n) is 6.16. The summed E-state index contributed by atoms with van der Waals surface area (Å²) in [6.45, 7) is 4.78. The van der Waals surface area contributed by atoms with Crippen LogP contribution >= 0.6 is 22.9 Å². The molecule has 19 heavy (non-hydrogen) atoms. The second-order valence-corrected chi connectivity index (χ2v) is 6.17. The first-order chi connectivity index (χ1) is 8.97. The van der Waals surface area contributed by atoms with Gasteiger partial charge in [0.2, 0.25) is 0 Å². The van der Waals surface area contributed by atoms with Gasteiger partial charge < -0.3 is 10.6 Å². The molecule has 0 radical (unpaired) electrons. The predicted molar refractivity (Wildman–Crippen MR) is 83.0 cm³/mol. The molecule has 1 unspecified atom stereocenters. The smallest absolute Gasteiger partial charge is 0.185 e. The van der Waals surface area contributed by atoms with E-state index in [0.29, 0.717) is 0 Å². The number of rotatable bonds is 4. The van der Waals surface area contributed by atoms with E-state index in [1.165, 1.54) is 5.56 Å². The van der Waals surface area contributed by atoms with Gasteiger partial charge in [0.25, 0.3) is 0 Å². The quantitative estimate of drug-likeness (QED) is 0.934. The van der Waals surface area contributed by atoms with Crippen LogP contribution in [0.1, 0.15) is 29.1 Å². The number of aryl methyl sites for hydroxylation is 1. The number of halogens is 1. The molecule has 0 bridgehead atoms. The monoisotopic (exact) mass is 295 g/mol. The lowest BCUT2D eigenvalue weighted by molar-refractivity contribution is 0.824. The Morgan fingerprint density at radius 3 is 2.79 bits per heavy atom. The van der Waals surface area contributed by atoms with Crippen molar-refractivity contribution in [3.8, 4) is 0 Å². The van der Waals surface area contributed by atoms with E-state index in [9.17, 15) is 0 Å². The summed E-state index contributed by atoms with van der Waals surface area (Å²) in [5.41, 5.74) is 8.13. The largest absolute Gasteiger partial charge is 0.347 e. The molecule has 0 amide bonds. The fraction of sp³-hybridized carbons (Fsp3) is 0.357. The highest BCUT2D eigenvalue weighted by Gasteiger charge is 2.14. The van der Waals surface area contributed by atoms with Crippen LogP contribution in [0.2, 0.25) is 5.02 Å². The molecule has 0 aliphatic heterocycles. The summed E-state index contributed by atoms with van der Waals surface area (Å²) < 4.78 is 0. The van der Waals surface area contributed by atoms with Gasteiger partial charge in [-0.05, 0) is 31.5 Å². The van der Waals surface area contributed by atoms with Crippen molar-refractivity contribution in [3.63, 3.8) is 0 Å². The molecular weight excluding hydrogens is 278 g/mol. The third-order valence-electron chi connectivity index (χ3n) is 2.87. The zero-order valence-electron chi connectivity index (χ0n) is 11.4. The molecule has 2 rings (SSSR count). The second-order valence-electron chi connectivity index (χ2n) is 4.72. The number of nitrogens with zero attached hydrogens (tertiary/aromatic N) is 2. The number of thiazole rings is 1. The van der Waals surface area contributed by atoms with Crippen molar-refractivity contribution in [1.29, 1.82) is 0 Å². The molecule has 3 nitrogen and oxygen atoms in total. The van der Waals surface area contributed by atoms with E-state index >= 15 is 0 Å². The number of benzene rings is 1. The first-order valence-corrected chi connectivity index (χ1v) is 7.35. The van der Waals surface area contributed by atoms with Gasteiger partial charge in [0.15, 0.2) is 5.13 Å². The van der Waals surface area contributed by atoms with Crippen LogP contribution in [-0.4, -0.2) is 12.0 Å². The summed E-state index contributed by atoms with van der Waals surface area (Å²) in [7, 11) is 2.03. The number of hydrogen-bond acceptors (Lipinski definition) is 4. The first kappa shape index (κ1) is 14.3. The summed E-state index contributed by atoms with van der Waals surface area (Å²) in [5, 5.41) is 1.75. The number of hydrogen-bond donors (Lipinski definition) is 1. The van der Waals surface area contributed by atoms with Crippen LogP contribution in [0.3, 0.4) is 0 Å². The van der Waals surface area contributed by atoms with Gasteiger partial charge in [-0.15, -0.1) is 11.3 Å². The van der Waals surface area contributed by atoms with Gasteiger partial charge >= 0.3 is 0 Å². The van der Waals surface area contributed by atoms with Crippen molar-refractivity contribution in [2.45, 2.75) is 26.4 Å². The Kier molecular flexibility index (Phi) is 4.45. The molecule has 2 N–H and O–H groups in total. The number of aromatic nitrogens is 1. The molecule has 0 aliphatic carbocycles.